The molecule has 5 N–H and O–H groups in total. The first-order valence-corrected chi connectivity index (χ1v) is 10.7. The zero-order valence-electron chi connectivity index (χ0n) is 16.0. The number of aryl methyl sites for hydroxylation is 1. The first kappa shape index (κ1) is 21.4. The molecule has 0 saturated carbocycles. The third kappa shape index (κ3) is 4.65. The van der Waals surface area contributed by atoms with E-state index in [9.17, 15) is 22.3 Å². The summed E-state index contributed by atoms with van der Waals surface area (Å²) in [5.74, 6) is -2.21. The van der Waals surface area contributed by atoms with Crippen LogP contribution in [0.1, 0.15) is 24.1 Å². The van der Waals surface area contributed by atoms with Gasteiger partial charge in [-0.05, 0) is 48.7 Å². The lowest BCUT2D eigenvalue weighted by atomic mass is 9.96. The molecule has 1 fully saturated rings. The van der Waals surface area contributed by atoms with Gasteiger partial charge in [0.15, 0.2) is 0 Å². The van der Waals surface area contributed by atoms with Crippen LogP contribution in [0.15, 0.2) is 29.2 Å². The molecule has 7 nitrogen and oxygen atoms in total. The zero-order valence-corrected chi connectivity index (χ0v) is 16.8. The van der Waals surface area contributed by atoms with Crippen LogP contribution < -0.4 is 15.8 Å². The average molecular weight is 426 g/mol. The van der Waals surface area contributed by atoms with Gasteiger partial charge in [-0.1, -0.05) is 0 Å². The van der Waals surface area contributed by atoms with Gasteiger partial charge in [0.2, 0.25) is 10.0 Å². The Morgan fingerprint density at radius 3 is 2.48 bits per heavy atom. The molecule has 0 bridgehead atoms. The van der Waals surface area contributed by atoms with E-state index in [1.807, 2.05) is 0 Å². The fraction of sp³-hybridized carbons (Fsp3) is 0.421. The molecule has 1 saturated heterocycles. The normalized spacial score (nSPS) is 16.8. The van der Waals surface area contributed by atoms with Crippen LogP contribution >= 0.6 is 0 Å². The smallest absolute Gasteiger partial charge is 0.251 e. The highest BCUT2D eigenvalue weighted by molar-refractivity contribution is 7.89. The number of aromatic nitrogens is 1. The van der Waals surface area contributed by atoms with Gasteiger partial charge >= 0.3 is 0 Å². The number of pyridine rings is 1. The third-order valence-electron chi connectivity index (χ3n) is 5.03. The maximum absolute atomic E-state index is 13.5. The summed E-state index contributed by atoms with van der Waals surface area (Å²) >= 11 is 0. The van der Waals surface area contributed by atoms with Crippen LogP contribution in [0.25, 0.3) is 11.1 Å². The molecule has 1 aromatic carbocycles. The number of nitrogens with zero attached hydrogens (tertiary/aromatic N) is 2. The Morgan fingerprint density at radius 2 is 1.90 bits per heavy atom. The second-order valence-electron chi connectivity index (χ2n) is 7.22. The standard InChI is InChI=1S/C19H24F2N4O3S/c1-12-10-13(11-17(24-12)25-7-5-19(20,21)6-8-25)18-14(4-9-26)15(22)2-3-16(18)29(23,27)28/h2-3,10-11,26H,4-9,22H2,1H3,(H2,23,27,28). The molecule has 0 spiro atoms. The van der Waals surface area contributed by atoms with Crippen molar-refractivity contribution >= 4 is 21.5 Å². The summed E-state index contributed by atoms with van der Waals surface area (Å²) in [7, 11) is -4.08. The lowest BCUT2D eigenvalue weighted by Gasteiger charge is -2.33. The van der Waals surface area contributed by atoms with Crippen molar-refractivity contribution in [1.82, 2.24) is 4.98 Å². The molecular weight excluding hydrogens is 402 g/mol. The molecule has 0 aliphatic carbocycles. The zero-order chi connectivity index (χ0) is 21.4. The number of halogens is 2. The SMILES string of the molecule is Cc1cc(-c2c(S(N)(=O)=O)ccc(N)c2CCO)cc(N2CCC(F)(F)CC2)n1. The minimum absolute atomic E-state index is 0.114. The molecule has 2 aromatic rings. The monoisotopic (exact) mass is 426 g/mol. The van der Waals surface area contributed by atoms with Gasteiger partial charge in [-0.25, -0.2) is 27.3 Å². The Hall–Kier alpha value is -2.30. The molecule has 1 aliphatic heterocycles. The maximum Gasteiger partial charge on any atom is 0.251 e. The van der Waals surface area contributed by atoms with Crippen LogP contribution in [0.5, 0.6) is 0 Å². The number of nitrogens with two attached hydrogens (primary N) is 2. The number of nitrogen functional groups attached to an aromatic ring is 1. The number of sulfonamides is 1. The van der Waals surface area contributed by atoms with E-state index < -0.39 is 15.9 Å². The van der Waals surface area contributed by atoms with Gasteiger partial charge in [-0.2, -0.15) is 0 Å². The molecule has 1 aliphatic rings. The number of aliphatic hydroxyl groups excluding tert-OH is 1. The lowest BCUT2D eigenvalue weighted by molar-refractivity contribution is -0.0221. The first-order chi connectivity index (χ1) is 13.5. The number of primary sulfonamides is 1. The molecule has 29 heavy (non-hydrogen) atoms. The van der Waals surface area contributed by atoms with Crippen LogP contribution in [0.3, 0.4) is 0 Å². The molecule has 0 atom stereocenters. The summed E-state index contributed by atoms with van der Waals surface area (Å²) in [5.41, 5.74) is 8.23. The van der Waals surface area contributed by atoms with Gasteiger partial charge in [0.1, 0.15) is 5.82 Å². The number of aliphatic hydroxyl groups is 1. The van der Waals surface area contributed by atoms with Crippen LogP contribution in [-0.4, -0.2) is 44.1 Å². The fourth-order valence-electron chi connectivity index (χ4n) is 3.60. The second-order valence-corrected chi connectivity index (χ2v) is 8.75. The number of hydrogen-bond donors (Lipinski definition) is 3. The van der Waals surface area contributed by atoms with Crippen molar-refractivity contribution in [1.29, 1.82) is 0 Å². The van der Waals surface area contributed by atoms with Gasteiger partial charge in [-0.3, -0.25) is 0 Å². The summed E-state index contributed by atoms with van der Waals surface area (Å²) in [6.07, 6.45) is -0.403. The Balaban J connectivity index is 2.16. The highest BCUT2D eigenvalue weighted by atomic mass is 32.2. The summed E-state index contributed by atoms with van der Waals surface area (Å²) < 4.78 is 51.4. The number of hydrogen-bond acceptors (Lipinski definition) is 6. The maximum atomic E-state index is 13.5. The highest BCUT2D eigenvalue weighted by Gasteiger charge is 2.34. The average Bonchev–Trinajstić information content (AvgIpc) is 2.61. The van der Waals surface area contributed by atoms with Crippen molar-refractivity contribution in [2.24, 2.45) is 5.14 Å². The summed E-state index contributed by atoms with van der Waals surface area (Å²) in [5, 5.41) is 14.9. The molecule has 158 valence electrons. The molecule has 10 heteroatoms. The largest absolute Gasteiger partial charge is 0.398 e. The van der Waals surface area contributed by atoms with E-state index in [1.165, 1.54) is 12.1 Å². The minimum atomic E-state index is -4.08. The molecule has 3 rings (SSSR count). The predicted octanol–water partition coefficient (Wildman–Crippen LogP) is 2.06. The third-order valence-corrected chi connectivity index (χ3v) is 5.98. The van der Waals surface area contributed by atoms with Gasteiger partial charge in [0.25, 0.3) is 5.92 Å². The van der Waals surface area contributed by atoms with Gasteiger partial charge in [0, 0.05) is 49.5 Å². The van der Waals surface area contributed by atoms with E-state index in [0.29, 0.717) is 33.9 Å². The van der Waals surface area contributed by atoms with Crippen molar-refractivity contribution in [3.8, 4) is 11.1 Å². The highest BCUT2D eigenvalue weighted by Crippen LogP contribution is 2.37. The molecule has 0 amide bonds. The van der Waals surface area contributed by atoms with Crippen molar-refractivity contribution in [3.63, 3.8) is 0 Å². The summed E-state index contributed by atoms with van der Waals surface area (Å²) in [6, 6.07) is 6.11. The molecule has 0 unspecified atom stereocenters. The van der Waals surface area contributed by atoms with Crippen LogP contribution in [0, 0.1) is 6.92 Å². The first-order valence-electron chi connectivity index (χ1n) is 9.19. The fourth-order valence-corrected chi connectivity index (χ4v) is 4.38. The van der Waals surface area contributed by atoms with Gasteiger partial charge in [0.05, 0.1) is 4.90 Å². The van der Waals surface area contributed by atoms with E-state index in [2.05, 4.69) is 4.98 Å². The predicted molar refractivity (Wildman–Crippen MR) is 107 cm³/mol. The van der Waals surface area contributed by atoms with E-state index in [4.69, 9.17) is 10.9 Å². The number of rotatable bonds is 5. The van der Waals surface area contributed by atoms with E-state index in [1.54, 1.807) is 24.0 Å². The van der Waals surface area contributed by atoms with Crippen LogP contribution in [0.2, 0.25) is 0 Å². The molecule has 0 radical (unpaired) electrons. The summed E-state index contributed by atoms with van der Waals surface area (Å²) in [6.45, 7) is 1.79. The summed E-state index contributed by atoms with van der Waals surface area (Å²) in [4.78, 5) is 6.08. The molecule has 1 aromatic heterocycles. The topological polar surface area (TPSA) is 123 Å². The van der Waals surface area contributed by atoms with Crippen LogP contribution in [-0.2, 0) is 16.4 Å². The number of anilines is 2. The van der Waals surface area contributed by atoms with Crippen LogP contribution in [0.4, 0.5) is 20.3 Å². The Kier molecular flexibility index (Phi) is 5.79. The Morgan fingerprint density at radius 1 is 1.24 bits per heavy atom. The quantitative estimate of drug-likeness (QED) is 0.629. The van der Waals surface area contributed by atoms with Gasteiger partial charge in [-0.15, -0.1) is 0 Å². The van der Waals surface area contributed by atoms with E-state index in [0.717, 1.165) is 0 Å². The lowest BCUT2D eigenvalue weighted by Crippen LogP contribution is -2.39. The van der Waals surface area contributed by atoms with E-state index in [-0.39, 0.29) is 43.9 Å². The van der Waals surface area contributed by atoms with Gasteiger partial charge < -0.3 is 15.7 Å². The molecular formula is C19H24F2N4O3S. The molecule has 2 heterocycles. The van der Waals surface area contributed by atoms with E-state index >= 15 is 0 Å². The number of benzene rings is 1. The Labute approximate surface area is 168 Å². The minimum Gasteiger partial charge on any atom is -0.398 e. The van der Waals surface area contributed by atoms with Crippen molar-refractivity contribution < 1.29 is 22.3 Å². The Bertz CT molecular complexity index is 1020. The van der Waals surface area contributed by atoms with Crippen molar-refractivity contribution in [2.75, 3.05) is 30.3 Å². The number of piperidine rings is 1. The second kappa shape index (κ2) is 7.85. The van der Waals surface area contributed by atoms with Crippen molar-refractivity contribution in [2.45, 2.75) is 37.0 Å². The van der Waals surface area contributed by atoms with Crippen molar-refractivity contribution in [3.05, 3.63) is 35.5 Å². The number of alkyl halides is 2.